The van der Waals surface area contributed by atoms with Crippen LogP contribution in [-0.2, 0) is 0 Å². The average molecular weight is 281 g/mol. The highest BCUT2D eigenvalue weighted by atomic mass is 35.5. The van der Waals surface area contributed by atoms with E-state index in [0.29, 0.717) is 18.8 Å². The van der Waals surface area contributed by atoms with Gasteiger partial charge < -0.3 is 11.1 Å². The van der Waals surface area contributed by atoms with E-state index in [4.69, 9.17) is 5.73 Å². The van der Waals surface area contributed by atoms with Gasteiger partial charge >= 0.3 is 0 Å². The lowest BCUT2D eigenvalue weighted by Gasteiger charge is -2.03. The van der Waals surface area contributed by atoms with Gasteiger partial charge in [-0.15, -0.1) is 24.8 Å². The average Bonchev–Trinajstić information content (AvgIpc) is 2.25. The second-order valence-electron chi connectivity index (χ2n) is 3.29. The third-order valence-electron chi connectivity index (χ3n) is 1.93. The van der Waals surface area contributed by atoms with E-state index in [-0.39, 0.29) is 30.7 Å². The van der Waals surface area contributed by atoms with Gasteiger partial charge in [-0.25, -0.2) is 4.98 Å². The molecule has 1 aromatic rings. The van der Waals surface area contributed by atoms with Crippen LogP contribution < -0.4 is 11.1 Å². The molecular weight excluding hydrogens is 263 g/mol. The van der Waals surface area contributed by atoms with Gasteiger partial charge in [0.25, 0.3) is 5.91 Å². The number of hydrogen-bond acceptors (Lipinski definition) is 4. The Hall–Kier alpha value is -0.910. The van der Waals surface area contributed by atoms with Crippen molar-refractivity contribution >= 4 is 30.7 Å². The summed E-state index contributed by atoms with van der Waals surface area (Å²) in [5.74, 6) is -0.181. The van der Waals surface area contributed by atoms with Crippen LogP contribution in [0.4, 0.5) is 0 Å². The molecule has 0 spiro atoms. The van der Waals surface area contributed by atoms with Crippen LogP contribution in [0.5, 0.6) is 0 Å². The molecule has 1 heterocycles. The zero-order chi connectivity index (χ0) is 11.1. The maximum absolute atomic E-state index is 11.5. The summed E-state index contributed by atoms with van der Waals surface area (Å²) in [6, 6.07) is 0. The predicted molar refractivity (Wildman–Crippen MR) is 71.9 cm³/mol. The number of unbranched alkanes of at least 4 members (excludes halogenated alkanes) is 1. The summed E-state index contributed by atoms with van der Waals surface area (Å²) in [5, 5.41) is 2.76. The number of carbonyl (C=O) groups is 1. The van der Waals surface area contributed by atoms with Crippen LogP contribution in [0.1, 0.15) is 29.0 Å². The predicted octanol–water partition coefficient (Wildman–Crippen LogP) is 1.10. The van der Waals surface area contributed by atoms with Gasteiger partial charge in [0.05, 0.1) is 11.9 Å². The first-order chi connectivity index (χ1) is 7.24. The number of rotatable bonds is 5. The van der Waals surface area contributed by atoms with Gasteiger partial charge in [0.1, 0.15) is 5.69 Å². The molecule has 0 saturated carbocycles. The molecule has 1 rings (SSSR count). The van der Waals surface area contributed by atoms with Crippen LogP contribution in [-0.4, -0.2) is 29.0 Å². The Morgan fingerprint density at radius 2 is 2.00 bits per heavy atom. The fourth-order valence-electron chi connectivity index (χ4n) is 1.07. The minimum absolute atomic E-state index is 0. The normalized spacial score (nSPS) is 8.82. The van der Waals surface area contributed by atoms with E-state index in [1.54, 1.807) is 6.20 Å². The molecule has 0 atom stereocenters. The minimum Gasteiger partial charge on any atom is -0.351 e. The Morgan fingerprint density at radius 3 is 2.53 bits per heavy atom. The third kappa shape index (κ3) is 7.10. The number of aryl methyl sites for hydroxylation is 1. The molecule has 0 aliphatic heterocycles. The van der Waals surface area contributed by atoms with E-state index in [1.165, 1.54) is 6.20 Å². The Kier molecular flexibility index (Phi) is 11.1. The number of nitrogens with zero attached hydrogens (tertiary/aromatic N) is 2. The highest BCUT2D eigenvalue weighted by molar-refractivity contribution is 5.91. The van der Waals surface area contributed by atoms with Crippen LogP contribution in [0.2, 0.25) is 0 Å². The van der Waals surface area contributed by atoms with Gasteiger partial charge in [0.2, 0.25) is 0 Å². The van der Waals surface area contributed by atoms with E-state index < -0.39 is 0 Å². The number of nitrogens with one attached hydrogen (secondary N) is 1. The SMILES string of the molecule is Cc1cnc(C(=O)NCCCCN)cn1.Cl.Cl. The third-order valence-corrected chi connectivity index (χ3v) is 1.93. The quantitative estimate of drug-likeness (QED) is 0.792. The van der Waals surface area contributed by atoms with E-state index >= 15 is 0 Å². The highest BCUT2D eigenvalue weighted by Crippen LogP contribution is 1.94. The zero-order valence-electron chi connectivity index (χ0n) is 9.68. The van der Waals surface area contributed by atoms with Crippen LogP contribution in [0, 0.1) is 6.92 Å². The van der Waals surface area contributed by atoms with E-state index in [2.05, 4.69) is 15.3 Å². The molecule has 0 saturated heterocycles. The van der Waals surface area contributed by atoms with Gasteiger partial charge in [-0.1, -0.05) is 0 Å². The number of halogens is 2. The standard InChI is InChI=1S/C10H16N4O.2ClH/c1-8-6-14-9(7-13-8)10(15)12-5-3-2-4-11;;/h6-7H,2-5,11H2,1H3,(H,12,15);2*1H. The maximum atomic E-state index is 11.5. The topological polar surface area (TPSA) is 80.9 Å². The fourth-order valence-corrected chi connectivity index (χ4v) is 1.07. The summed E-state index contributed by atoms with van der Waals surface area (Å²) >= 11 is 0. The fraction of sp³-hybridized carbons (Fsp3) is 0.500. The summed E-state index contributed by atoms with van der Waals surface area (Å²) in [6.07, 6.45) is 4.86. The van der Waals surface area contributed by atoms with Crippen LogP contribution in [0.3, 0.4) is 0 Å². The van der Waals surface area contributed by atoms with Gasteiger partial charge in [-0.05, 0) is 26.3 Å². The van der Waals surface area contributed by atoms with Crippen LogP contribution >= 0.6 is 24.8 Å². The van der Waals surface area contributed by atoms with Crippen molar-refractivity contribution in [2.24, 2.45) is 5.73 Å². The molecule has 1 aromatic heterocycles. The molecular formula is C10H18Cl2N4O. The number of nitrogens with two attached hydrogens (primary N) is 1. The second-order valence-corrected chi connectivity index (χ2v) is 3.29. The summed E-state index contributed by atoms with van der Waals surface area (Å²) in [6.45, 7) is 3.11. The van der Waals surface area contributed by atoms with Crippen molar-refractivity contribution in [2.45, 2.75) is 19.8 Å². The monoisotopic (exact) mass is 280 g/mol. The van der Waals surface area contributed by atoms with Crippen molar-refractivity contribution in [2.75, 3.05) is 13.1 Å². The Bertz CT molecular complexity index is 319. The van der Waals surface area contributed by atoms with Crippen LogP contribution in [0.25, 0.3) is 0 Å². The smallest absolute Gasteiger partial charge is 0.271 e. The second kappa shape index (κ2) is 10.3. The summed E-state index contributed by atoms with van der Waals surface area (Å²) in [4.78, 5) is 19.5. The maximum Gasteiger partial charge on any atom is 0.271 e. The van der Waals surface area contributed by atoms with E-state index in [1.807, 2.05) is 6.92 Å². The summed E-state index contributed by atoms with van der Waals surface area (Å²) in [7, 11) is 0. The molecule has 1 amide bonds. The number of amides is 1. The lowest BCUT2D eigenvalue weighted by Crippen LogP contribution is -2.25. The number of aromatic nitrogens is 2. The first kappa shape index (κ1) is 18.5. The summed E-state index contributed by atoms with van der Waals surface area (Å²) in [5.41, 5.74) is 6.49. The van der Waals surface area contributed by atoms with Crippen molar-refractivity contribution in [3.63, 3.8) is 0 Å². The molecule has 98 valence electrons. The molecule has 0 aromatic carbocycles. The van der Waals surface area contributed by atoms with Crippen LogP contribution in [0.15, 0.2) is 12.4 Å². The molecule has 0 aliphatic carbocycles. The van der Waals surface area contributed by atoms with E-state index in [9.17, 15) is 4.79 Å². The molecule has 0 unspecified atom stereocenters. The molecule has 5 nitrogen and oxygen atoms in total. The molecule has 17 heavy (non-hydrogen) atoms. The zero-order valence-corrected chi connectivity index (χ0v) is 11.3. The Balaban J connectivity index is 0. The van der Waals surface area contributed by atoms with Gasteiger partial charge in [-0.2, -0.15) is 0 Å². The van der Waals surface area contributed by atoms with Gasteiger partial charge in [-0.3, -0.25) is 9.78 Å². The van der Waals surface area contributed by atoms with Crippen molar-refractivity contribution in [1.29, 1.82) is 0 Å². The Morgan fingerprint density at radius 1 is 1.29 bits per heavy atom. The van der Waals surface area contributed by atoms with Crippen molar-refractivity contribution < 1.29 is 4.79 Å². The lowest BCUT2D eigenvalue weighted by molar-refractivity contribution is 0.0947. The number of hydrogen-bond donors (Lipinski definition) is 2. The molecule has 3 N–H and O–H groups in total. The first-order valence-corrected chi connectivity index (χ1v) is 5.01. The summed E-state index contributed by atoms with van der Waals surface area (Å²) < 4.78 is 0. The molecule has 0 radical (unpaired) electrons. The van der Waals surface area contributed by atoms with E-state index in [0.717, 1.165) is 18.5 Å². The van der Waals surface area contributed by atoms with Crippen molar-refractivity contribution in [3.05, 3.63) is 23.8 Å². The lowest BCUT2D eigenvalue weighted by atomic mass is 10.3. The highest BCUT2D eigenvalue weighted by Gasteiger charge is 2.05. The first-order valence-electron chi connectivity index (χ1n) is 5.01. The molecule has 0 aliphatic rings. The molecule has 0 fully saturated rings. The van der Waals surface area contributed by atoms with Gasteiger partial charge in [0, 0.05) is 12.7 Å². The Labute approximate surface area is 113 Å². The molecule has 7 heteroatoms. The largest absolute Gasteiger partial charge is 0.351 e. The van der Waals surface area contributed by atoms with Gasteiger partial charge in [0.15, 0.2) is 0 Å². The molecule has 0 bridgehead atoms. The number of carbonyl (C=O) groups excluding carboxylic acids is 1. The van der Waals surface area contributed by atoms with Crippen molar-refractivity contribution in [3.8, 4) is 0 Å². The minimum atomic E-state index is -0.181. The van der Waals surface area contributed by atoms with Crippen molar-refractivity contribution in [1.82, 2.24) is 15.3 Å².